The molecule has 0 fully saturated rings. The average Bonchev–Trinajstić information content (AvgIpc) is 3.01. The van der Waals surface area contributed by atoms with Crippen molar-refractivity contribution in [2.75, 3.05) is 26.4 Å². The summed E-state index contributed by atoms with van der Waals surface area (Å²) in [6, 6.07) is 0. The molecule has 260 valence electrons. The molecule has 0 aromatic carbocycles. The molecule has 4 unspecified atom stereocenters. The molecule has 43 heavy (non-hydrogen) atoms. The van der Waals surface area contributed by atoms with Crippen molar-refractivity contribution >= 4 is 65.7 Å². The van der Waals surface area contributed by atoms with E-state index in [-0.39, 0.29) is 0 Å². The van der Waals surface area contributed by atoms with Gasteiger partial charge in [-0.2, -0.15) is 0 Å². The van der Waals surface area contributed by atoms with E-state index < -0.39 is 11.4 Å². The largest absolute Gasteiger partial charge is 0.321 e. The molecule has 0 rings (SSSR count). The Balaban J connectivity index is 5.62. The molecule has 0 aliphatic rings. The van der Waals surface area contributed by atoms with Gasteiger partial charge in [0.15, 0.2) is 0 Å². The van der Waals surface area contributed by atoms with Crippen LogP contribution >= 0.6 is 42.0 Å². The van der Waals surface area contributed by atoms with E-state index in [4.69, 9.17) is 41.7 Å². The highest BCUT2D eigenvalue weighted by Crippen LogP contribution is 2.76. The van der Waals surface area contributed by atoms with Crippen molar-refractivity contribution in [3.63, 3.8) is 0 Å². The minimum absolute atomic E-state index is 0.520. The van der Waals surface area contributed by atoms with Crippen molar-refractivity contribution in [1.82, 2.24) is 0 Å². The predicted molar refractivity (Wildman–Crippen MR) is 208 cm³/mol. The first-order valence-corrected chi connectivity index (χ1v) is 27.5. The first-order chi connectivity index (χ1) is 20.7. The van der Waals surface area contributed by atoms with E-state index >= 15 is 0 Å². The fraction of sp³-hybridized carbons (Fsp3) is 1.00. The monoisotopic (exact) mass is 738 g/mol. The van der Waals surface area contributed by atoms with Gasteiger partial charge >= 0.3 is 0 Å². The van der Waals surface area contributed by atoms with E-state index in [2.05, 4.69) is 55.4 Å². The third-order valence-corrected chi connectivity index (χ3v) is 25.6. The zero-order valence-electron chi connectivity index (χ0n) is 29.0. The Bertz CT molecular complexity index is 628. The Kier molecular flexibility index (Phi) is 30.6. The van der Waals surface area contributed by atoms with Crippen molar-refractivity contribution in [1.29, 1.82) is 0 Å². The first-order valence-electron chi connectivity index (χ1n) is 17.5. The molecule has 0 radical (unpaired) electrons. The van der Waals surface area contributed by atoms with Crippen LogP contribution in [0.3, 0.4) is 0 Å². The summed E-state index contributed by atoms with van der Waals surface area (Å²) in [5, 5.41) is 0. The fourth-order valence-electron chi connectivity index (χ4n) is 4.63. The van der Waals surface area contributed by atoms with E-state index in [1.165, 1.54) is 77.0 Å². The molecule has 4 nitrogen and oxygen atoms in total. The van der Waals surface area contributed by atoms with Gasteiger partial charge in [0.1, 0.15) is 0 Å². The smallest absolute Gasteiger partial charge is 0.258 e. The summed E-state index contributed by atoms with van der Waals surface area (Å²) in [6.07, 6.45) is 18.9. The minimum Gasteiger partial charge on any atom is -0.321 e. The summed E-state index contributed by atoms with van der Waals surface area (Å²) >= 11 is 12.4. The summed E-state index contributed by atoms with van der Waals surface area (Å²) in [5.74, 6) is 2.08. The lowest BCUT2D eigenvalue weighted by atomic mass is 10.0. The van der Waals surface area contributed by atoms with Gasteiger partial charge < -0.3 is 18.1 Å². The molecule has 0 bridgehead atoms. The van der Waals surface area contributed by atoms with Gasteiger partial charge in [0, 0.05) is 20.8 Å². The van der Waals surface area contributed by atoms with Crippen molar-refractivity contribution in [3.8, 4) is 0 Å². The minimum atomic E-state index is -2.57. The molecule has 11 heteroatoms. The van der Waals surface area contributed by atoms with Crippen molar-refractivity contribution in [2.24, 2.45) is 23.7 Å². The van der Waals surface area contributed by atoms with Crippen LogP contribution in [-0.2, 0) is 41.7 Å². The zero-order chi connectivity index (χ0) is 32.4. The van der Waals surface area contributed by atoms with Crippen LogP contribution in [0.5, 0.6) is 0 Å². The van der Waals surface area contributed by atoms with Crippen LogP contribution in [0.15, 0.2) is 0 Å². The number of hydrogen-bond acceptors (Lipinski definition) is 9. The normalized spacial score (nSPS) is 17.7. The van der Waals surface area contributed by atoms with Crippen LogP contribution in [0.2, 0.25) is 0 Å². The van der Waals surface area contributed by atoms with E-state index in [1.807, 2.05) is 0 Å². The molecule has 0 heterocycles. The highest BCUT2D eigenvalue weighted by atomic mass is 33.7. The van der Waals surface area contributed by atoms with Gasteiger partial charge in [-0.1, -0.05) is 132 Å². The Hall–Kier alpha value is 2.19. The maximum atomic E-state index is 6.54. The van der Waals surface area contributed by atoms with Gasteiger partial charge in [0.25, 0.3) is 11.4 Å². The Labute approximate surface area is 290 Å². The topological polar surface area (TPSA) is 36.9 Å². The highest BCUT2D eigenvalue weighted by Gasteiger charge is 2.29. The lowest BCUT2D eigenvalue weighted by molar-refractivity contribution is 0.188. The van der Waals surface area contributed by atoms with E-state index in [9.17, 15) is 0 Å². The SMILES string of the molecule is CCCCC(CC)COP(=S)(OCC(CC)CCCC)SSSP(=S)(OCC(CC)CCCC)OCC(CC)CCCC. The maximum Gasteiger partial charge on any atom is 0.258 e. The lowest BCUT2D eigenvalue weighted by Gasteiger charge is -2.28. The Morgan fingerprint density at radius 1 is 0.442 bits per heavy atom. The lowest BCUT2D eigenvalue weighted by Crippen LogP contribution is -2.11. The molecule has 4 atom stereocenters. The summed E-state index contributed by atoms with van der Waals surface area (Å²) in [6.45, 7) is 20.7. The van der Waals surface area contributed by atoms with Gasteiger partial charge in [0.2, 0.25) is 0 Å². The number of unbranched alkanes of at least 4 members (excludes halogenated alkanes) is 4. The van der Waals surface area contributed by atoms with Gasteiger partial charge in [0.05, 0.1) is 26.4 Å². The standard InChI is InChI=1S/C32H68O4P2S5/c1-9-17-21-29(13-5)25-33-37(39,34-26-30(14-6)22-18-10-2)41-43-42-38(40,35-27-31(15-7)23-19-11-3)36-28-32(16-8)24-20-12-4/h29-32H,9-28H2,1-8H3. The molecule has 0 saturated heterocycles. The van der Waals surface area contributed by atoms with Gasteiger partial charge in [-0.3, -0.25) is 0 Å². The van der Waals surface area contributed by atoms with Crippen LogP contribution in [0.25, 0.3) is 0 Å². The third kappa shape index (κ3) is 23.2. The molecular formula is C32H68O4P2S5. The summed E-state index contributed by atoms with van der Waals surface area (Å²) in [4.78, 5) is 0. The van der Waals surface area contributed by atoms with E-state index in [1.54, 1.807) is 30.7 Å². The van der Waals surface area contributed by atoms with E-state index in [0.717, 1.165) is 25.7 Å². The van der Waals surface area contributed by atoms with Gasteiger partial charge in [-0.25, -0.2) is 0 Å². The molecule has 0 aliphatic heterocycles. The second-order valence-corrected chi connectivity index (χ2v) is 27.6. The fourth-order valence-corrected chi connectivity index (χ4v) is 23.3. The predicted octanol–water partition coefficient (Wildman–Crippen LogP) is 14.4. The van der Waals surface area contributed by atoms with Gasteiger partial charge in [-0.15, -0.1) is 0 Å². The first kappa shape index (κ1) is 45.2. The second kappa shape index (κ2) is 29.1. The number of rotatable bonds is 32. The maximum absolute atomic E-state index is 6.54. The van der Waals surface area contributed by atoms with Crippen molar-refractivity contribution in [3.05, 3.63) is 0 Å². The van der Waals surface area contributed by atoms with Crippen LogP contribution in [0, 0.1) is 23.7 Å². The molecule has 0 N–H and O–H groups in total. The Morgan fingerprint density at radius 2 is 0.674 bits per heavy atom. The van der Waals surface area contributed by atoms with Crippen LogP contribution < -0.4 is 0 Å². The third-order valence-electron chi connectivity index (χ3n) is 8.29. The van der Waals surface area contributed by atoms with Crippen molar-refractivity contribution in [2.45, 2.75) is 158 Å². The molecule has 0 aromatic heterocycles. The molecular weight excluding hydrogens is 671 g/mol. The van der Waals surface area contributed by atoms with Crippen molar-refractivity contribution < 1.29 is 18.1 Å². The summed E-state index contributed by atoms with van der Waals surface area (Å²) < 4.78 is 26.2. The second-order valence-electron chi connectivity index (χ2n) is 12.0. The van der Waals surface area contributed by atoms with Crippen LogP contribution in [0.4, 0.5) is 0 Å². The summed E-state index contributed by atoms with van der Waals surface area (Å²) in [5.41, 5.74) is -5.14. The van der Waals surface area contributed by atoms with Crippen LogP contribution in [0.1, 0.15) is 158 Å². The van der Waals surface area contributed by atoms with Gasteiger partial charge in [-0.05, 0) is 82.8 Å². The molecule has 0 spiro atoms. The Morgan fingerprint density at radius 3 is 0.860 bits per heavy atom. The summed E-state index contributed by atoms with van der Waals surface area (Å²) in [7, 11) is 4.75. The van der Waals surface area contributed by atoms with E-state index in [0.29, 0.717) is 50.1 Å². The molecule has 0 aliphatic carbocycles. The highest BCUT2D eigenvalue weighted by molar-refractivity contribution is 9.30. The quantitative estimate of drug-likeness (QED) is 0.0495. The zero-order valence-corrected chi connectivity index (χ0v) is 34.9. The number of hydrogen-bond donors (Lipinski definition) is 0. The van der Waals surface area contributed by atoms with Crippen LogP contribution in [-0.4, -0.2) is 26.4 Å². The molecule has 0 amide bonds. The molecule has 0 aromatic rings. The average molecular weight is 739 g/mol. The molecule has 0 saturated carbocycles.